The standard InChI is InChI=1S/C17H22F2O4/c1-3-9-17(18,19)11-14(16(21)22-2)10-15(20)23-12-13-7-5-4-6-8-13/h4-8,14H,3,9-12H2,1-2H3/t14-/m0/s1. The van der Waals surface area contributed by atoms with Crippen LogP contribution in [0.3, 0.4) is 0 Å². The SMILES string of the molecule is CCCC(F)(F)C[C@H](CC(=O)OCc1ccccc1)C(=O)OC. The molecule has 0 aliphatic carbocycles. The first-order chi connectivity index (χ1) is 10.9. The lowest BCUT2D eigenvalue weighted by Crippen LogP contribution is -2.29. The number of hydrogen-bond donors (Lipinski definition) is 0. The van der Waals surface area contributed by atoms with Crippen LogP contribution in [-0.4, -0.2) is 25.0 Å². The van der Waals surface area contributed by atoms with Crippen LogP contribution in [0.1, 0.15) is 38.2 Å². The van der Waals surface area contributed by atoms with Crippen LogP contribution in [0, 0.1) is 5.92 Å². The Balaban J connectivity index is 2.58. The van der Waals surface area contributed by atoms with Gasteiger partial charge in [0.25, 0.3) is 0 Å². The molecule has 6 heteroatoms. The fraction of sp³-hybridized carbons (Fsp3) is 0.529. The fourth-order valence-corrected chi connectivity index (χ4v) is 2.23. The van der Waals surface area contributed by atoms with E-state index in [1.165, 1.54) is 0 Å². The van der Waals surface area contributed by atoms with E-state index in [0.717, 1.165) is 12.7 Å². The Labute approximate surface area is 134 Å². The van der Waals surface area contributed by atoms with Crippen molar-refractivity contribution in [3.05, 3.63) is 35.9 Å². The Morgan fingerprint density at radius 1 is 1.22 bits per heavy atom. The Morgan fingerprint density at radius 2 is 1.87 bits per heavy atom. The number of rotatable bonds is 9. The minimum atomic E-state index is -3.01. The summed E-state index contributed by atoms with van der Waals surface area (Å²) in [5.41, 5.74) is 0.784. The van der Waals surface area contributed by atoms with Crippen molar-refractivity contribution in [3.8, 4) is 0 Å². The molecule has 0 aromatic heterocycles. The molecule has 0 saturated heterocycles. The van der Waals surface area contributed by atoms with Gasteiger partial charge in [0.1, 0.15) is 6.61 Å². The number of alkyl halides is 2. The highest BCUT2D eigenvalue weighted by Gasteiger charge is 2.36. The molecular weight excluding hydrogens is 306 g/mol. The third kappa shape index (κ3) is 7.21. The van der Waals surface area contributed by atoms with Gasteiger partial charge in [-0.1, -0.05) is 43.7 Å². The summed E-state index contributed by atoms with van der Waals surface area (Å²) in [6.07, 6.45) is -1.17. The molecule has 0 heterocycles. The highest BCUT2D eigenvalue weighted by atomic mass is 19.3. The van der Waals surface area contributed by atoms with Crippen LogP contribution in [-0.2, 0) is 25.7 Å². The van der Waals surface area contributed by atoms with Gasteiger partial charge in [-0.15, -0.1) is 0 Å². The number of halogens is 2. The molecule has 0 N–H and O–H groups in total. The first-order valence-electron chi connectivity index (χ1n) is 7.53. The average Bonchev–Trinajstić information content (AvgIpc) is 2.52. The number of carbonyl (C=O) groups is 2. The smallest absolute Gasteiger partial charge is 0.309 e. The zero-order valence-electron chi connectivity index (χ0n) is 13.4. The molecule has 0 fully saturated rings. The third-order valence-electron chi connectivity index (χ3n) is 3.35. The summed E-state index contributed by atoms with van der Waals surface area (Å²) in [7, 11) is 1.11. The molecule has 1 aromatic rings. The Hall–Kier alpha value is -1.98. The Bertz CT molecular complexity index is 503. The second kappa shape index (κ2) is 9.22. The molecule has 1 aromatic carbocycles. The molecule has 0 radical (unpaired) electrons. The largest absolute Gasteiger partial charge is 0.469 e. The lowest BCUT2D eigenvalue weighted by Gasteiger charge is -2.21. The van der Waals surface area contributed by atoms with E-state index >= 15 is 0 Å². The van der Waals surface area contributed by atoms with Crippen LogP contribution in [0.5, 0.6) is 0 Å². The summed E-state index contributed by atoms with van der Waals surface area (Å²) in [5, 5.41) is 0. The normalized spacial score (nSPS) is 12.5. The Kier molecular flexibility index (Phi) is 7.65. The van der Waals surface area contributed by atoms with E-state index in [-0.39, 0.29) is 13.0 Å². The number of methoxy groups -OCH3 is 1. The molecule has 0 amide bonds. The first-order valence-corrected chi connectivity index (χ1v) is 7.53. The number of carbonyl (C=O) groups excluding carboxylic acids is 2. The van der Waals surface area contributed by atoms with Gasteiger partial charge >= 0.3 is 11.9 Å². The number of ether oxygens (including phenoxy) is 2. The second-order valence-corrected chi connectivity index (χ2v) is 5.38. The third-order valence-corrected chi connectivity index (χ3v) is 3.35. The van der Waals surface area contributed by atoms with E-state index in [2.05, 4.69) is 4.74 Å². The quantitative estimate of drug-likeness (QED) is 0.648. The van der Waals surface area contributed by atoms with Crippen LogP contribution in [0.4, 0.5) is 8.78 Å². The van der Waals surface area contributed by atoms with Crippen molar-refractivity contribution < 1.29 is 27.8 Å². The molecule has 1 atom stereocenters. The average molecular weight is 328 g/mol. The van der Waals surface area contributed by atoms with Crippen LogP contribution < -0.4 is 0 Å². The topological polar surface area (TPSA) is 52.6 Å². The number of benzene rings is 1. The molecule has 4 nitrogen and oxygen atoms in total. The van der Waals surface area contributed by atoms with Gasteiger partial charge in [0.05, 0.1) is 19.4 Å². The van der Waals surface area contributed by atoms with Crippen molar-refractivity contribution in [3.63, 3.8) is 0 Å². The number of hydrogen-bond acceptors (Lipinski definition) is 4. The number of esters is 2. The minimum Gasteiger partial charge on any atom is -0.469 e. The van der Waals surface area contributed by atoms with E-state index in [1.807, 2.05) is 6.07 Å². The summed E-state index contributed by atoms with van der Waals surface area (Å²) < 4.78 is 37.0. The molecule has 23 heavy (non-hydrogen) atoms. The maximum absolute atomic E-state index is 13.7. The Morgan fingerprint density at radius 3 is 2.43 bits per heavy atom. The highest BCUT2D eigenvalue weighted by Crippen LogP contribution is 2.30. The fourth-order valence-electron chi connectivity index (χ4n) is 2.23. The van der Waals surface area contributed by atoms with Gasteiger partial charge in [-0.05, 0) is 5.56 Å². The van der Waals surface area contributed by atoms with Crippen molar-refractivity contribution in [2.24, 2.45) is 5.92 Å². The van der Waals surface area contributed by atoms with Crippen molar-refractivity contribution in [2.45, 2.75) is 45.1 Å². The monoisotopic (exact) mass is 328 g/mol. The van der Waals surface area contributed by atoms with E-state index in [0.29, 0.717) is 6.42 Å². The van der Waals surface area contributed by atoms with Gasteiger partial charge in [-0.25, -0.2) is 8.78 Å². The molecule has 0 unspecified atom stereocenters. The van der Waals surface area contributed by atoms with Crippen molar-refractivity contribution >= 4 is 11.9 Å². The molecule has 0 bridgehead atoms. The predicted molar refractivity (Wildman–Crippen MR) is 80.8 cm³/mol. The summed E-state index contributed by atoms with van der Waals surface area (Å²) >= 11 is 0. The molecule has 128 valence electrons. The van der Waals surface area contributed by atoms with Gasteiger partial charge < -0.3 is 9.47 Å². The van der Waals surface area contributed by atoms with E-state index in [4.69, 9.17) is 4.74 Å². The van der Waals surface area contributed by atoms with Crippen molar-refractivity contribution in [2.75, 3.05) is 7.11 Å². The second-order valence-electron chi connectivity index (χ2n) is 5.38. The van der Waals surface area contributed by atoms with Crippen molar-refractivity contribution in [1.82, 2.24) is 0 Å². The highest BCUT2D eigenvalue weighted by molar-refractivity contribution is 5.79. The van der Waals surface area contributed by atoms with E-state index in [9.17, 15) is 18.4 Å². The summed E-state index contributed by atoms with van der Waals surface area (Å²) in [6, 6.07) is 8.98. The van der Waals surface area contributed by atoms with Gasteiger partial charge in [0, 0.05) is 12.8 Å². The molecule has 0 aliphatic heterocycles. The summed E-state index contributed by atoms with van der Waals surface area (Å²) in [6.45, 7) is 1.67. The summed E-state index contributed by atoms with van der Waals surface area (Å²) in [4.78, 5) is 23.5. The lowest BCUT2D eigenvalue weighted by molar-refractivity contribution is -0.157. The van der Waals surface area contributed by atoms with Crippen LogP contribution in [0.15, 0.2) is 30.3 Å². The van der Waals surface area contributed by atoms with Crippen LogP contribution in [0.25, 0.3) is 0 Å². The van der Waals surface area contributed by atoms with Crippen molar-refractivity contribution in [1.29, 1.82) is 0 Å². The van der Waals surface area contributed by atoms with Gasteiger partial charge in [-0.2, -0.15) is 0 Å². The predicted octanol–water partition coefficient (Wildman–Crippen LogP) is 3.73. The van der Waals surface area contributed by atoms with Gasteiger partial charge in [0.15, 0.2) is 0 Å². The van der Waals surface area contributed by atoms with Gasteiger partial charge in [-0.3, -0.25) is 9.59 Å². The molecule has 1 rings (SSSR count). The zero-order chi connectivity index (χ0) is 17.3. The molecule has 0 aliphatic rings. The van der Waals surface area contributed by atoms with Gasteiger partial charge in [0.2, 0.25) is 5.92 Å². The molecule has 0 spiro atoms. The summed E-state index contributed by atoms with van der Waals surface area (Å²) in [5.74, 6) is -5.73. The van der Waals surface area contributed by atoms with Crippen LogP contribution in [0.2, 0.25) is 0 Å². The lowest BCUT2D eigenvalue weighted by atomic mass is 9.95. The van der Waals surface area contributed by atoms with Crippen LogP contribution >= 0.6 is 0 Å². The zero-order valence-corrected chi connectivity index (χ0v) is 13.4. The molecular formula is C17H22F2O4. The van der Waals surface area contributed by atoms with E-state index < -0.39 is 36.6 Å². The maximum Gasteiger partial charge on any atom is 0.309 e. The maximum atomic E-state index is 13.7. The minimum absolute atomic E-state index is 0.0406. The molecule has 0 saturated carbocycles. The van der Waals surface area contributed by atoms with E-state index in [1.54, 1.807) is 31.2 Å². The first kappa shape index (κ1) is 19.1.